The number of hydrogen-bond acceptors (Lipinski definition) is 5. The third-order valence-corrected chi connectivity index (χ3v) is 3.87. The van der Waals surface area contributed by atoms with Crippen LogP contribution >= 0.6 is 11.8 Å². The molecule has 1 aromatic carbocycles. The van der Waals surface area contributed by atoms with E-state index in [1.54, 1.807) is 12.3 Å². The monoisotopic (exact) mass is 341 g/mol. The van der Waals surface area contributed by atoms with Crippen molar-refractivity contribution in [2.75, 3.05) is 0 Å². The number of primary amides is 1. The van der Waals surface area contributed by atoms with E-state index in [1.807, 2.05) is 18.2 Å². The lowest BCUT2D eigenvalue weighted by atomic mass is 10.3. The van der Waals surface area contributed by atoms with E-state index >= 15 is 0 Å². The quantitative estimate of drug-likeness (QED) is 0.766. The minimum absolute atomic E-state index is 0.00435. The topological polar surface area (TPSA) is 78.1 Å². The Labute approximate surface area is 141 Å². The highest BCUT2D eigenvalue weighted by Gasteiger charge is 2.14. The Balaban J connectivity index is 1.91. The zero-order chi connectivity index (χ0) is 16.9. The third kappa shape index (κ3) is 3.88. The van der Waals surface area contributed by atoms with Gasteiger partial charge in [0.2, 0.25) is 0 Å². The molecule has 3 rings (SSSR count). The number of carbonyl (C=O) groups excluding carboxylic acids is 1. The van der Waals surface area contributed by atoms with Gasteiger partial charge in [-0.3, -0.25) is 4.79 Å². The fourth-order valence-corrected chi connectivity index (χ4v) is 2.68. The predicted molar refractivity (Wildman–Crippen MR) is 87.6 cm³/mol. The van der Waals surface area contributed by atoms with Crippen molar-refractivity contribution in [3.05, 3.63) is 72.4 Å². The Kier molecular flexibility index (Phi) is 4.72. The van der Waals surface area contributed by atoms with Gasteiger partial charge < -0.3 is 10.5 Å². The molecular weight excluding hydrogens is 329 g/mol. The molecule has 0 atom stereocenters. The van der Waals surface area contributed by atoms with Crippen LogP contribution in [-0.2, 0) is 0 Å². The average molecular weight is 341 g/mol. The molecule has 3 aromatic rings. The van der Waals surface area contributed by atoms with Gasteiger partial charge in [0.25, 0.3) is 5.91 Å². The second-order valence-corrected chi connectivity index (χ2v) is 5.80. The second kappa shape index (κ2) is 7.10. The predicted octanol–water partition coefficient (Wildman–Crippen LogP) is 3.66. The number of carbonyl (C=O) groups is 1. The molecule has 0 aliphatic heterocycles. The van der Waals surface area contributed by atoms with Gasteiger partial charge >= 0.3 is 0 Å². The van der Waals surface area contributed by atoms with Crippen LogP contribution in [-0.4, -0.2) is 15.9 Å². The van der Waals surface area contributed by atoms with Gasteiger partial charge in [-0.2, -0.15) is 0 Å². The van der Waals surface area contributed by atoms with Gasteiger partial charge in [-0.1, -0.05) is 17.8 Å². The van der Waals surface area contributed by atoms with E-state index in [0.717, 1.165) is 9.92 Å². The number of pyridine rings is 2. The molecule has 0 aliphatic rings. The van der Waals surface area contributed by atoms with Gasteiger partial charge in [0, 0.05) is 17.3 Å². The van der Waals surface area contributed by atoms with Crippen molar-refractivity contribution in [3.63, 3.8) is 0 Å². The van der Waals surface area contributed by atoms with Gasteiger partial charge in [0.05, 0.1) is 0 Å². The number of hydrogen-bond donors (Lipinski definition) is 1. The molecule has 120 valence electrons. The minimum atomic E-state index is -0.707. The number of aromatic nitrogens is 2. The third-order valence-electron chi connectivity index (χ3n) is 2.96. The van der Waals surface area contributed by atoms with Crippen LogP contribution < -0.4 is 10.5 Å². The maximum Gasteiger partial charge on any atom is 0.271 e. The van der Waals surface area contributed by atoms with Crippen LogP contribution in [0.2, 0.25) is 0 Å². The summed E-state index contributed by atoms with van der Waals surface area (Å²) in [7, 11) is 0. The lowest BCUT2D eigenvalue weighted by molar-refractivity contribution is 0.0993. The standard InChI is InChI=1S/C17H12FN3O2S/c18-11-4-6-12(7-5-11)23-14-9-13(10-21-16(14)17(19)22)24-15-3-1-2-8-20-15/h1-10H,(H2,19,22). The molecule has 0 fully saturated rings. The first-order chi connectivity index (χ1) is 11.6. The van der Waals surface area contributed by atoms with E-state index < -0.39 is 5.91 Å². The van der Waals surface area contributed by atoms with Gasteiger partial charge in [0.1, 0.15) is 16.6 Å². The summed E-state index contributed by atoms with van der Waals surface area (Å²) < 4.78 is 18.6. The number of amides is 1. The van der Waals surface area contributed by atoms with Gasteiger partial charge in [-0.25, -0.2) is 14.4 Å². The van der Waals surface area contributed by atoms with Crippen molar-refractivity contribution in [1.82, 2.24) is 9.97 Å². The summed E-state index contributed by atoms with van der Waals surface area (Å²) in [5.74, 6) is -0.507. The Hall–Kier alpha value is -2.93. The smallest absolute Gasteiger partial charge is 0.271 e. The second-order valence-electron chi connectivity index (χ2n) is 4.71. The maximum atomic E-state index is 13.0. The number of benzene rings is 1. The first-order valence-corrected chi connectivity index (χ1v) is 7.75. The maximum absolute atomic E-state index is 13.0. The molecule has 7 heteroatoms. The first kappa shape index (κ1) is 15.9. The largest absolute Gasteiger partial charge is 0.455 e. The highest BCUT2D eigenvalue weighted by atomic mass is 32.2. The zero-order valence-corrected chi connectivity index (χ0v) is 13.2. The van der Waals surface area contributed by atoms with Crippen molar-refractivity contribution >= 4 is 17.7 Å². The van der Waals surface area contributed by atoms with E-state index in [4.69, 9.17) is 10.5 Å². The van der Waals surface area contributed by atoms with Gasteiger partial charge in [-0.15, -0.1) is 0 Å². The van der Waals surface area contributed by atoms with Crippen molar-refractivity contribution in [2.24, 2.45) is 5.73 Å². The summed E-state index contributed by atoms with van der Waals surface area (Å²) in [6.45, 7) is 0. The van der Waals surface area contributed by atoms with Crippen LogP contribution in [0.5, 0.6) is 11.5 Å². The van der Waals surface area contributed by atoms with Gasteiger partial charge in [-0.05, 0) is 42.5 Å². The molecule has 5 nitrogen and oxygen atoms in total. The molecule has 0 aliphatic carbocycles. The lowest BCUT2D eigenvalue weighted by Crippen LogP contribution is -2.14. The molecular formula is C17H12FN3O2S. The molecule has 0 bridgehead atoms. The Bertz CT molecular complexity index is 857. The molecule has 2 N–H and O–H groups in total. The highest BCUT2D eigenvalue weighted by Crippen LogP contribution is 2.31. The number of nitrogens with two attached hydrogens (primary N) is 1. The average Bonchev–Trinajstić information content (AvgIpc) is 2.58. The van der Waals surface area contributed by atoms with E-state index in [9.17, 15) is 9.18 Å². The fourth-order valence-electron chi connectivity index (χ4n) is 1.90. The molecule has 0 radical (unpaired) electrons. The van der Waals surface area contributed by atoms with Crippen LogP contribution in [0.3, 0.4) is 0 Å². The molecule has 2 aromatic heterocycles. The highest BCUT2D eigenvalue weighted by molar-refractivity contribution is 7.99. The van der Waals surface area contributed by atoms with Crippen LogP contribution in [0, 0.1) is 5.82 Å². The molecule has 2 heterocycles. The van der Waals surface area contributed by atoms with E-state index in [-0.39, 0.29) is 17.3 Å². The number of nitrogens with zero attached hydrogens (tertiary/aromatic N) is 2. The van der Waals surface area contributed by atoms with Crippen LogP contribution in [0.1, 0.15) is 10.5 Å². The molecule has 24 heavy (non-hydrogen) atoms. The summed E-state index contributed by atoms with van der Waals surface area (Å²) in [5, 5.41) is 0.777. The Morgan fingerprint density at radius 1 is 1.12 bits per heavy atom. The van der Waals surface area contributed by atoms with Crippen LogP contribution in [0.25, 0.3) is 0 Å². The molecule has 0 spiro atoms. The van der Waals surface area contributed by atoms with Crippen molar-refractivity contribution < 1.29 is 13.9 Å². The fraction of sp³-hybridized carbons (Fsp3) is 0. The van der Waals surface area contributed by atoms with Crippen molar-refractivity contribution in [2.45, 2.75) is 9.92 Å². The minimum Gasteiger partial charge on any atom is -0.455 e. The van der Waals surface area contributed by atoms with Crippen molar-refractivity contribution in [1.29, 1.82) is 0 Å². The van der Waals surface area contributed by atoms with E-state index in [0.29, 0.717) is 5.75 Å². The Morgan fingerprint density at radius 2 is 1.92 bits per heavy atom. The number of ether oxygens (including phenoxy) is 1. The van der Waals surface area contributed by atoms with Crippen LogP contribution in [0.15, 0.2) is 70.8 Å². The summed E-state index contributed by atoms with van der Waals surface area (Å²) in [4.78, 5) is 20.6. The van der Waals surface area contributed by atoms with Crippen LogP contribution in [0.4, 0.5) is 4.39 Å². The number of halogens is 1. The summed E-state index contributed by atoms with van der Waals surface area (Å²) in [6, 6.07) is 12.6. The number of rotatable bonds is 5. The SMILES string of the molecule is NC(=O)c1ncc(Sc2ccccn2)cc1Oc1ccc(F)cc1. The van der Waals surface area contributed by atoms with Crippen molar-refractivity contribution in [3.8, 4) is 11.5 Å². The molecule has 0 saturated heterocycles. The van der Waals surface area contributed by atoms with E-state index in [2.05, 4.69) is 9.97 Å². The Morgan fingerprint density at radius 3 is 2.58 bits per heavy atom. The molecule has 0 unspecified atom stereocenters. The normalized spacial score (nSPS) is 10.4. The molecule has 0 saturated carbocycles. The summed E-state index contributed by atoms with van der Waals surface area (Å²) >= 11 is 1.37. The van der Waals surface area contributed by atoms with E-state index in [1.165, 1.54) is 42.2 Å². The molecule has 1 amide bonds. The zero-order valence-electron chi connectivity index (χ0n) is 12.3. The van der Waals surface area contributed by atoms with Gasteiger partial charge in [0.15, 0.2) is 11.4 Å². The lowest BCUT2D eigenvalue weighted by Gasteiger charge is -2.10. The summed E-state index contributed by atoms with van der Waals surface area (Å²) in [5.41, 5.74) is 5.34. The first-order valence-electron chi connectivity index (χ1n) is 6.94. The summed E-state index contributed by atoms with van der Waals surface area (Å²) in [6.07, 6.45) is 3.21.